The van der Waals surface area contributed by atoms with Crippen molar-refractivity contribution in [3.05, 3.63) is 64.9 Å². The molecule has 0 saturated carbocycles. The van der Waals surface area contributed by atoms with Crippen molar-refractivity contribution < 1.29 is 28.2 Å². The summed E-state index contributed by atoms with van der Waals surface area (Å²) in [6.45, 7) is -0.266. The minimum absolute atomic E-state index is 0.0822. The Morgan fingerprint density at radius 3 is 2.50 bits per heavy atom. The topological polar surface area (TPSA) is 76.7 Å². The summed E-state index contributed by atoms with van der Waals surface area (Å²) in [6.07, 6.45) is 0.409. The van der Waals surface area contributed by atoms with E-state index in [0.717, 1.165) is 5.56 Å². The summed E-state index contributed by atoms with van der Waals surface area (Å²) in [7, 11) is 0. The lowest BCUT2D eigenvalue weighted by molar-refractivity contribution is -0.146. The second-order valence-corrected chi connectivity index (χ2v) is 4.80. The van der Waals surface area contributed by atoms with Gasteiger partial charge in [0, 0.05) is 6.42 Å². The van der Waals surface area contributed by atoms with Crippen molar-refractivity contribution >= 4 is 17.5 Å². The molecule has 0 bridgehead atoms. The van der Waals surface area contributed by atoms with Crippen molar-refractivity contribution in [1.82, 2.24) is 0 Å². The number of carbonyl (C=O) groups excluding carboxylic acids is 2. The number of halogens is 1. The number of ether oxygens (including phenoxy) is 1. The highest BCUT2D eigenvalue weighted by atomic mass is 19.1. The van der Waals surface area contributed by atoms with E-state index >= 15 is 0 Å². The van der Waals surface area contributed by atoms with Crippen LogP contribution >= 0.6 is 0 Å². The molecule has 6 heteroatoms. The van der Waals surface area contributed by atoms with Crippen LogP contribution in [0.2, 0.25) is 0 Å². The molecule has 1 saturated heterocycles. The predicted octanol–water partition coefficient (Wildman–Crippen LogP) is 2.40. The third-order valence-electron chi connectivity index (χ3n) is 3.28. The van der Waals surface area contributed by atoms with E-state index in [1.165, 1.54) is 18.2 Å². The zero-order valence-corrected chi connectivity index (χ0v) is 11.3. The molecule has 1 aromatic carbocycles. The molecule has 1 N–H and O–H groups in total. The van der Waals surface area contributed by atoms with E-state index in [1.54, 1.807) is 18.2 Å². The summed E-state index contributed by atoms with van der Waals surface area (Å²) >= 11 is 0. The first-order valence-electron chi connectivity index (χ1n) is 6.51. The number of hydrogen-bond acceptors (Lipinski definition) is 5. The lowest BCUT2D eigenvalue weighted by atomic mass is 10.1. The van der Waals surface area contributed by atoms with E-state index in [4.69, 9.17) is 4.42 Å². The Morgan fingerprint density at radius 1 is 1.14 bits per heavy atom. The summed E-state index contributed by atoms with van der Waals surface area (Å²) in [4.78, 5) is 22.5. The van der Waals surface area contributed by atoms with Crippen LogP contribution < -0.4 is 0 Å². The van der Waals surface area contributed by atoms with Crippen molar-refractivity contribution in [1.29, 1.82) is 0 Å². The molecule has 112 valence electrons. The maximum absolute atomic E-state index is 12.8. The van der Waals surface area contributed by atoms with Gasteiger partial charge in [0.2, 0.25) is 0 Å². The number of cyclic esters (lactones) is 1. The van der Waals surface area contributed by atoms with Crippen LogP contribution in [0.5, 0.6) is 0 Å². The number of carbonyl (C=O) groups is 2. The van der Waals surface area contributed by atoms with Crippen molar-refractivity contribution in [2.45, 2.75) is 6.42 Å². The molecule has 0 spiro atoms. The Morgan fingerprint density at radius 2 is 1.86 bits per heavy atom. The molecule has 3 rings (SSSR count). The molecule has 0 amide bonds. The predicted molar refractivity (Wildman–Crippen MR) is 73.4 cm³/mol. The van der Waals surface area contributed by atoms with Gasteiger partial charge in [-0.2, -0.15) is 0 Å². The molecule has 0 unspecified atom stereocenters. The summed E-state index contributed by atoms with van der Waals surface area (Å²) < 4.78 is 22.8. The molecule has 0 aliphatic carbocycles. The maximum Gasteiger partial charge on any atom is 0.379 e. The number of benzene rings is 1. The highest BCUT2D eigenvalue weighted by Gasteiger charge is 2.33. The molecule has 22 heavy (non-hydrogen) atoms. The van der Waals surface area contributed by atoms with Crippen LogP contribution in [0, 0.1) is 5.82 Å². The Labute approximate surface area is 124 Å². The maximum atomic E-state index is 12.8. The molecule has 1 aromatic heterocycles. The number of esters is 1. The van der Waals surface area contributed by atoms with Gasteiger partial charge in [-0.1, -0.05) is 12.1 Å². The average Bonchev–Trinajstić information content (AvgIpc) is 3.09. The van der Waals surface area contributed by atoms with E-state index < -0.39 is 17.5 Å². The Bertz CT molecular complexity index is 770. The summed E-state index contributed by atoms with van der Waals surface area (Å²) in [5.74, 6) is -1.96. The van der Waals surface area contributed by atoms with Gasteiger partial charge in [-0.3, -0.25) is 4.79 Å². The van der Waals surface area contributed by atoms with Gasteiger partial charge in [0.05, 0.1) is 5.57 Å². The highest BCUT2D eigenvalue weighted by Crippen LogP contribution is 2.24. The smallest absolute Gasteiger partial charge is 0.379 e. The van der Waals surface area contributed by atoms with Gasteiger partial charge in [-0.15, -0.1) is 0 Å². The van der Waals surface area contributed by atoms with Crippen molar-refractivity contribution in [2.24, 2.45) is 0 Å². The first kappa shape index (κ1) is 14.1. The number of Topliss-reactive ketones (excluding diaryl/α,β-unsaturated/α-hetero) is 1. The van der Waals surface area contributed by atoms with Gasteiger partial charge >= 0.3 is 5.97 Å². The Hall–Kier alpha value is -2.89. The minimum Gasteiger partial charge on any atom is -0.504 e. The number of aliphatic hydroxyl groups excluding tert-OH is 1. The minimum atomic E-state index is -0.986. The van der Waals surface area contributed by atoms with Gasteiger partial charge in [-0.25, -0.2) is 9.18 Å². The van der Waals surface area contributed by atoms with Gasteiger partial charge < -0.3 is 14.3 Å². The van der Waals surface area contributed by atoms with E-state index in [9.17, 15) is 19.1 Å². The van der Waals surface area contributed by atoms with Crippen molar-refractivity contribution in [2.75, 3.05) is 6.61 Å². The third kappa shape index (κ3) is 2.63. The van der Waals surface area contributed by atoms with Crippen LogP contribution in [-0.4, -0.2) is 23.5 Å². The van der Waals surface area contributed by atoms with Gasteiger partial charge in [0.25, 0.3) is 5.78 Å². The molecule has 2 aromatic rings. The third-order valence-corrected chi connectivity index (χ3v) is 3.28. The second-order valence-electron chi connectivity index (χ2n) is 4.80. The van der Waals surface area contributed by atoms with Crippen LogP contribution in [-0.2, 0) is 20.7 Å². The van der Waals surface area contributed by atoms with Crippen molar-refractivity contribution in [3.8, 4) is 0 Å². The van der Waals surface area contributed by atoms with Crippen LogP contribution in [0.25, 0.3) is 5.76 Å². The number of ketones is 1. The average molecular weight is 302 g/mol. The second kappa shape index (κ2) is 5.48. The quantitative estimate of drug-likeness (QED) is 0.408. The first-order valence-corrected chi connectivity index (χ1v) is 6.51. The Kier molecular flexibility index (Phi) is 3.50. The molecule has 1 aliphatic rings. The standard InChI is InChI=1S/C16H11FO5/c17-10-3-1-9(2-4-10)7-11-5-6-13(22-11)14(18)12-8-21-16(20)15(12)19/h1-6,18H,7-8H2/b14-12-. The zero-order valence-electron chi connectivity index (χ0n) is 11.3. The molecule has 1 fully saturated rings. The number of aliphatic hydroxyl groups is 1. The lowest BCUT2D eigenvalue weighted by Gasteiger charge is -2.00. The summed E-state index contributed by atoms with van der Waals surface area (Å²) in [5, 5.41) is 10.0. The SMILES string of the molecule is O=C1OC/C(=C(/O)c2ccc(Cc3ccc(F)cc3)o2)C1=O. The molecule has 0 radical (unpaired) electrons. The molecule has 5 nitrogen and oxygen atoms in total. The Balaban J connectivity index is 1.82. The fraction of sp³-hybridized carbons (Fsp3) is 0.125. The normalized spacial score (nSPS) is 16.8. The fourth-order valence-electron chi connectivity index (χ4n) is 2.12. The molecule has 1 aliphatic heterocycles. The molecule has 0 atom stereocenters. The molecular formula is C16H11FO5. The van der Waals surface area contributed by atoms with Gasteiger partial charge in [-0.05, 0) is 29.8 Å². The summed E-state index contributed by atoms with van der Waals surface area (Å²) in [5.41, 5.74) is 0.720. The molecule has 2 heterocycles. The summed E-state index contributed by atoms with van der Waals surface area (Å²) in [6, 6.07) is 9.08. The largest absolute Gasteiger partial charge is 0.504 e. The van der Waals surface area contributed by atoms with Gasteiger partial charge in [0.15, 0.2) is 11.5 Å². The van der Waals surface area contributed by atoms with E-state index in [-0.39, 0.29) is 23.8 Å². The number of furan rings is 1. The highest BCUT2D eigenvalue weighted by molar-refractivity contribution is 6.43. The fourth-order valence-corrected chi connectivity index (χ4v) is 2.12. The van der Waals surface area contributed by atoms with Crippen LogP contribution in [0.15, 0.2) is 46.4 Å². The number of hydrogen-bond donors (Lipinski definition) is 1. The van der Waals surface area contributed by atoms with Crippen LogP contribution in [0.1, 0.15) is 17.1 Å². The van der Waals surface area contributed by atoms with Crippen molar-refractivity contribution in [3.63, 3.8) is 0 Å². The van der Waals surface area contributed by atoms with Crippen LogP contribution in [0.4, 0.5) is 4.39 Å². The monoisotopic (exact) mass is 302 g/mol. The van der Waals surface area contributed by atoms with E-state index in [0.29, 0.717) is 12.2 Å². The van der Waals surface area contributed by atoms with Crippen LogP contribution in [0.3, 0.4) is 0 Å². The van der Waals surface area contributed by atoms with E-state index in [2.05, 4.69) is 4.74 Å². The number of rotatable bonds is 3. The first-order chi connectivity index (χ1) is 10.5. The lowest BCUT2D eigenvalue weighted by Crippen LogP contribution is -2.07. The zero-order chi connectivity index (χ0) is 15.7. The molecular weight excluding hydrogens is 291 g/mol. The van der Waals surface area contributed by atoms with Gasteiger partial charge in [0.1, 0.15) is 18.2 Å². The van der Waals surface area contributed by atoms with E-state index in [1.807, 2.05) is 0 Å².